The van der Waals surface area contributed by atoms with Gasteiger partial charge in [0.15, 0.2) is 0 Å². The first kappa shape index (κ1) is 15.1. The molecule has 0 aromatic carbocycles. The minimum absolute atomic E-state index is 0.348. The Morgan fingerprint density at radius 1 is 1.47 bits per heavy atom. The SMILES string of the molecule is CC1OCCC1SCCCC(C)(NC1CC1)C(=O)O. The van der Waals surface area contributed by atoms with E-state index in [0.29, 0.717) is 23.8 Å². The number of aliphatic carboxylic acids is 1. The number of thioether (sulfide) groups is 1. The van der Waals surface area contributed by atoms with Crippen LogP contribution in [0.15, 0.2) is 0 Å². The van der Waals surface area contributed by atoms with Gasteiger partial charge in [0.25, 0.3) is 0 Å². The van der Waals surface area contributed by atoms with Gasteiger partial charge in [-0.25, -0.2) is 0 Å². The average Bonchev–Trinajstić information content (AvgIpc) is 3.06. The molecule has 3 atom stereocenters. The van der Waals surface area contributed by atoms with E-state index in [4.69, 9.17) is 4.74 Å². The fraction of sp³-hybridized carbons (Fsp3) is 0.929. The molecule has 2 fully saturated rings. The summed E-state index contributed by atoms with van der Waals surface area (Å²) in [7, 11) is 0. The monoisotopic (exact) mass is 287 g/mol. The first-order valence-corrected chi connectivity index (χ1v) is 8.30. The van der Waals surface area contributed by atoms with E-state index in [1.54, 1.807) is 0 Å². The molecular formula is C14H25NO3S. The van der Waals surface area contributed by atoms with Crippen LogP contribution in [-0.4, -0.2) is 46.4 Å². The summed E-state index contributed by atoms with van der Waals surface area (Å²) in [4.78, 5) is 11.4. The van der Waals surface area contributed by atoms with Gasteiger partial charge in [-0.15, -0.1) is 0 Å². The Morgan fingerprint density at radius 3 is 2.74 bits per heavy atom. The zero-order valence-electron chi connectivity index (χ0n) is 11.9. The van der Waals surface area contributed by atoms with Gasteiger partial charge in [0.1, 0.15) is 5.54 Å². The van der Waals surface area contributed by atoms with Crippen LogP contribution in [0.2, 0.25) is 0 Å². The van der Waals surface area contributed by atoms with Crippen molar-refractivity contribution >= 4 is 17.7 Å². The molecule has 1 saturated carbocycles. The van der Waals surface area contributed by atoms with E-state index in [2.05, 4.69) is 12.2 Å². The van der Waals surface area contributed by atoms with E-state index in [9.17, 15) is 9.90 Å². The van der Waals surface area contributed by atoms with E-state index in [0.717, 1.165) is 38.0 Å². The van der Waals surface area contributed by atoms with Crippen LogP contribution in [0, 0.1) is 0 Å². The van der Waals surface area contributed by atoms with Crippen molar-refractivity contribution in [1.82, 2.24) is 5.32 Å². The van der Waals surface area contributed by atoms with Gasteiger partial charge in [-0.05, 0) is 51.7 Å². The van der Waals surface area contributed by atoms with Crippen LogP contribution in [0.1, 0.15) is 46.0 Å². The molecule has 2 rings (SSSR count). The van der Waals surface area contributed by atoms with E-state index >= 15 is 0 Å². The lowest BCUT2D eigenvalue weighted by atomic mass is 9.96. The summed E-state index contributed by atoms with van der Waals surface area (Å²) in [6, 6.07) is 0.428. The maximum atomic E-state index is 11.4. The van der Waals surface area contributed by atoms with Crippen LogP contribution < -0.4 is 5.32 Å². The van der Waals surface area contributed by atoms with Crippen LogP contribution in [0.3, 0.4) is 0 Å². The van der Waals surface area contributed by atoms with Gasteiger partial charge in [0, 0.05) is 17.9 Å². The summed E-state index contributed by atoms with van der Waals surface area (Å²) >= 11 is 1.93. The molecule has 0 aromatic heterocycles. The Bertz CT molecular complexity index is 322. The fourth-order valence-corrected chi connectivity index (χ4v) is 3.74. The molecule has 5 heteroatoms. The van der Waals surface area contributed by atoms with Gasteiger partial charge in [-0.3, -0.25) is 10.1 Å². The van der Waals surface area contributed by atoms with Crippen molar-refractivity contribution in [2.24, 2.45) is 0 Å². The van der Waals surface area contributed by atoms with Crippen molar-refractivity contribution in [2.45, 2.75) is 68.9 Å². The molecule has 0 radical (unpaired) electrons. The molecule has 0 spiro atoms. The number of rotatable bonds is 8. The summed E-state index contributed by atoms with van der Waals surface area (Å²) in [6.45, 7) is 4.81. The third-order valence-electron chi connectivity index (χ3n) is 4.03. The first-order valence-electron chi connectivity index (χ1n) is 7.25. The van der Waals surface area contributed by atoms with Crippen LogP contribution in [0.4, 0.5) is 0 Å². The third kappa shape index (κ3) is 4.36. The lowest BCUT2D eigenvalue weighted by molar-refractivity contribution is -0.144. The molecule has 1 aliphatic heterocycles. The number of carboxylic acids is 1. The van der Waals surface area contributed by atoms with Crippen LogP contribution in [0.25, 0.3) is 0 Å². The standard InChI is InChI=1S/C14H25NO3S/c1-10-12(6-8-18-10)19-9-3-7-14(2,13(16)17)15-11-4-5-11/h10-12,15H,3-9H2,1-2H3,(H,16,17). The fourth-order valence-electron chi connectivity index (χ4n) is 2.51. The predicted octanol–water partition coefficient (Wildman–Crippen LogP) is 2.27. The molecule has 110 valence electrons. The maximum absolute atomic E-state index is 11.4. The molecule has 0 aromatic rings. The molecule has 0 bridgehead atoms. The summed E-state index contributed by atoms with van der Waals surface area (Å²) < 4.78 is 5.54. The summed E-state index contributed by atoms with van der Waals surface area (Å²) in [5.41, 5.74) is -0.750. The number of nitrogens with one attached hydrogen (secondary N) is 1. The van der Waals surface area contributed by atoms with Crippen molar-refractivity contribution in [3.63, 3.8) is 0 Å². The number of hydrogen-bond acceptors (Lipinski definition) is 4. The molecular weight excluding hydrogens is 262 g/mol. The van der Waals surface area contributed by atoms with Crippen molar-refractivity contribution in [3.05, 3.63) is 0 Å². The van der Waals surface area contributed by atoms with Crippen molar-refractivity contribution < 1.29 is 14.6 Å². The average molecular weight is 287 g/mol. The first-order chi connectivity index (χ1) is 9.01. The minimum atomic E-state index is -0.750. The molecule has 3 unspecified atom stereocenters. The van der Waals surface area contributed by atoms with Gasteiger partial charge >= 0.3 is 5.97 Å². The Morgan fingerprint density at radius 2 is 2.21 bits per heavy atom. The second-order valence-electron chi connectivity index (χ2n) is 5.93. The number of carboxylic acid groups (broad SMARTS) is 1. The lowest BCUT2D eigenvalue weighted by Gasteiger charge is -2.26. The smallest absolute Gasteiger partial charge is 0.323 e. The Labute approximate surface area is 119 Å². The van der Waals surface area contributed by atoms with Gasteiger partial charge in [-0.2, -0.15) is 11.8 Å². The van der Waals surface area contributed by atoms with Gasteiger partial charge in [0.05, 0.1) is 6.10 Å². The second-order valence-corrected chi connectivity index (χ2v) is 7.28. The Kier molecular flexibility index (Phi) is 5.15. The largest absolute Gasteiger partial charge is 0.480 e. The Hall–Kier alpha value is -0.260. The molecule has 0 amide bonds. The zero-order chi connectivity index (χ0) is 13.9. The van der Waals surface area contributed by atoms with Crippen molar-refractivity contribution in [2.75, 3.05) is 12.4 Å². The van der Waals surface area contributed by atoms with E-state index < -0.39 is 11.5 Å². The van der Waals surface area contributed by atoms with E-state index in [1.807, 2.05) is 18.7 Å². The predicted molar refractivity (Wildman–Crippen MR) is 77.7 cm³/mol. The normalized spacial score (nSPS) is 30.2. The zero-order valence-corrected chi connectivity index (χ0v) is 12.7. The summed E-state index contributed by atoms with van der Waals surface area (Å²) in [6.07, 6.45) is 5.36. The number of carbonyl (C=O) groups is 1. The van der Waals surface area contributed by atoms with E-state index in [-0.39, 0.29) is 0 Å². The molecule has 19 heavy (non-hydrogen) atoms. The number of hydrogen-bond donors (Lipinski definition) is 2. The Balaban J connectivity index is 1.68. The summed E-state index contributed by atoms with van der Waals surface area (Å²) in [5.74, 6) is 0.301. The molecule has 4 nitrogen and oxygen atoms in total. The summed E-state index contributed by atoms with van der Waals surface area (Å²) in [5, 5.41) is 13.2. The van der Waals surface area contributed by atoms with Gasteiger partial charge in [0.2, 0.25) is 0 Å². The minimum Gasteiger partial charge on any atom is -0.480 e. The van der Waals surface area contributed by atoms with Crippen LogP contribution in [0.5, 0.6) is 0 Å². The molecule has 1 aliphatic carbocycles. The molecule has 1 heterocycles. The van der Waals surface area contributed by atoms with Crippen molar-refractivity contribution in [1.29, 1.82) is 0 Å². The highest BCUT2D eigenvalue weighted by Crippen LogP contribution is 2.29. The van der Waals surface area contributed by atoms with Crippen LogP contribution in [-0.2, 0) is 9.53 Å². The maximum Gasteiger partial charge on any atom is 0.323 e. The number of ether oxygens (including phenoxy) is 1. The third-order valence-corrected chi connectivity index (χ3v) is 5.60. The highest BCUT2D eigenvalue weighted by molar-refractivity contribution is 7.99. The molecule has 1 saturated heterocycles. The molecule has 2 aliphatic rings. The van der Waals surface area contributed by atoms with Crippen LogP contribution >= 0.6 is 11.8 Å². The highest BCUT2D eigenvalue weighted by atomic mass is 32.2. The quantitative estimate of drug-likeness (QED) is 0.671. The second kappa shape index (κ2) is 6.46. The topological polar surface area (TPSA) is 58.6 Å². The lowest BCUT2D eigenvalue weighted by Crippen LogP contribution is -2.50. The highest BCUT2D eigenvalue weighted by Gasteiger charge is 2.38. The van der Waals surface area contributed by atoms with Gasteiger partial charge in [-0.1, -0.05) is 0 Å². The van der Waals surface area contributed by atoms with Crippen molar-refractivity contribution in [3.8, 4) is 0 Å². The molecule has 2 N–H and O–H groups in total. The van der Waals surface area contributed by atoms with E-state index in [1.165, 1.54) is 0 Å². The van der Waals surface area contributed by atoms with Gasteiger partial charge < -0.3 is 9.84 Å².